The molecule has 0 saturated heterocycles. The molecule has 2 aromatic carbocycles. The molecule has 0 aliphatic heterocycles. The number of para-hydroxylation sites is 1. The summed E-state index contributed by atoms with van der Waals surface area (Å²) in [7, 11) is 0. The molecule has 0 unspecified atom stereocenters. The fourth-order valence-corrected chi connectivity index (χ4v) is 3.05. The molecule has 1 atom stereocenters. The summed E-state index contributed by atoms with van der Waals surface area (Å²) in [6.07, 6.45) is 0. The fraction of sp³-hybridized carbons (Fsp3) is 0.304. The Morgan fingerprint density at radius 3 is 2.39 bits per heavy atom. The van der Waals surface area contributed by atoms with Crippen molar-refractivity contribution in [3.63, 3.8) is 0 Å². The highest BCUT2D eigenvalue weighted by atomic mass is 35.5. The average Bonchev–Trinajstić information content (AvgIpc) is 3.09. The number of hydrogen-bond donors (Lipinski definition) is 1. The smallest absolute Gasteiger partial charge is 0.270 e. The van der Waals surface area contributed by atoms with Gasteiger partial charge in [-0.3, -0.25) is 4.79 Å². The number of hydrogen-bond acceptors (Lipinski definition) is 2. The maximum Gasteiger partial charge on any atom is 0.270 e. The van der Waals surface area contributed by atoms with Crippen LogP contribution in [0.1, 0.15) is 42.4 Å². The van der Waals surface area contributed by atoms with E-state index in [2.05, 4.69) is 45.1 Å². The highest BCUT2D eigenvalue weighted by Crippen LogP contribution is 2.27. The van der Waals surface area contributed by atoms with E-state index in [-0.39, 0.29) is 11.9 Å². The van der Waals surface area contributed by atoms with Crippen molar-refractivity contribution < 1.29 is 4.79 Å². The molecule has 0 fully saturated rings. The molecule has 0 aliphatic rings. The van der Waals surface area contributed by atoms with Crippen LogP contribution in [-0.4, -0.2) is 21.7 Å². The monoisotopic (exact) mass is 395 g/mol. The zero-order valence-corrected chi connectivity index (χ0v) is 17.7. The number of rotatable bonds is 5. The van der Waals surface area contributed by atoms with Crippen LogP contribution in [0.15, 0.2) is 48.5 Å². The highest BCUT2D eigenvalue weighted by molar-refractivity contribution is 6.32. The predicted octanol–water partition coefficient (Wildman–Crippen LogP) is 5.58. The molecule has 1 N–H and O–H groups in total. The standard InChI is InChI=1S/C23H26ClN3O/c1-14(2)17(5)25-23(28)22-13-20(18-11-10-15(3)16(4)12-18)26-27(22)21-9-7-6-8-19(21)24/h6-14,17H,1-5H3,(H,25,28)/t17-/m1/s1. The van der Waals surface area contributed by atoms with Crippen LogP contribution in [-0.2, 0) is 0 Å². The SMILES string of the molecule is Cc1ccc(-c2cc(C(=O)N[C@H](C)C(C)C)n(-c3ccccc3Cl)n2)cc1C. The molecular formula is C23H26ClN3O. The summed E-state index contributed by atoms with van der Waals surface area (Å²) in [6.45, 7) is 10.3. The third kappa shape index (κ3) is 4.12. The third-order valence-electron chi connectivity index (χ3n) is 5.18. The van der Waals surface area contributed by atoms with Crippen LogP contribution in [0.5, 0.6) is 0 Å². The lowest BCUT2D eigenvalue weighted by Crippen LogP contribution is -2.37. The lowest BCUT2D eigenvalue weighted by atomic mass is 10.0. The third-order valence-corrected chi connectivity index (χ3v) is 5.50. The van der Waals surface area contributed by atoms with Crippen LogP contribution >= 0.6 is 11.6 Å². The zero-order chi connectivity index (χ0) is 20.4. The minimum atomic E-state index is -0.163. The van der Waals surface area contributed by atoms with E-state index in [1.54, 1.807) is 10.7 Å². The molecule has 0 aliphatic carbocycles. The van der Waals surface area contributed by atoms with Gasteiger partial charge in [0.15, 0.2) is 0 Å². The molecule has 0 radical (unpaired) electrons. The van der Waals surface area contributed by atoms with Gasteiger partial charge in [0.2, 0.25) is 0 Å². The second-order valence-electron chi connectivity index (χ2n) is 7.58. The van der Waals surface area contributed by atoms with Crippen molar-refractivity contribution >= 4 is 17.5 Å². The van der Waals surface area contributed by atoms with Gasteiger partial charge in [0.05, 0.1) is 16.4 Å². The van der Waals surface area contributed by atoms with Gasteiger partial charge in [0.25, 0.3) is 5.91 Å². The van der Waals surface area contributed by atoms with Crippen molar-refractivity contribution in [3.05, 3.63) is 70.4 Å². The molecule has 0 spiro atoms. The minimum Gasteiger partial charge on any atom is -0.348 e. The minimum absolute atomic E-state index is 0.0483. The van der Waals surface area contributed by atoms with E-state index >= 15 is 0 Å². The Morgan fingerprint density at radius 1 is 1.04 bits per heavy atom. The van der Waals surface area contributed by atoms with Gasteiger partial charge >= 0.3 is 0 Å². The first-order valence-electron chi connectivity index (χ1n) is 9.51. The average molecular weight is 396 g/mol. The molecule has 1 amide bonds. The number of carbonyl (C=O) groups is 1. The van der Waals surface area contributed by atoms with E-state index in [1.807, 2.05) is 37.3 Å². The van der Waals surface area contributed by atoms with E-state index in [0.29, 0.717) is 22.3 Å². The van der Waals surface area contributed by atoms with Gasteiger partial charge in [-0.15, -0.1) is 0 Å². The van der Waals surface area contributed by atoms with E-state index in [0.717, 1.165) is 11.3 Å². The van der Waals surface area contributed by atoms with E-state index < -0.39 is 0 Å². The number of carbonyl (C=O) groups excluding carboxylic acids is 1. The number of benzene rings is 2. The predicted molar refractivity (Wildman–Crippen MR) is 115 cm³/mol. The van der Waals surface area contributed by atoms with Crippen LogP contribution in [0.2, 0.25) is 5.02 Å². The Balaban J connectivity index is 2.11. The summed E-state index contributed by atoms with van der Waals surface area (Å²) >= 11 is 6.40. The second kappa shape index (κ2) is 8.19. The van der Waals surface area contributed by atoms with Crippen LogP contribution in [0.3, 0.4) is 0 Å². The molecule has 5 heteroatoms. The van der Waals surface area contributed by atoms with Crippen LogP contribution < -0.4 is 5.32 Å². The Hall–Kier alpha value is -2.59. The highest BCUT2D eigenvalue weighted by Gasteiger charge is 2.21. The molecule has 1 heterocycles. The van der Waals surface area contributed by atoms with Crippen molar-refractivity contribution in [2.45, 2.75) is 40.7 Å². The molecule has 0 bridgehead atoms. The maximum atomic E-state index is 13.0. The van der Waals surface area contributed by atoms with E-state index in [1.165, 1.54) is 11.1 Å². The first-order chi connectivity index (χ1) is 13.3. The van der Waals surface area contributed by atoms with Gasteiger partial charge < -0.3 is 5.32 Å². The van der Waals surface area contributed by atoms with Gasteiger partial charge in [0.1, 0.15) is 5.69 Å². The van der Waals surface area contributed by atoms with E-state index in [4.69, 9.17) is 16.7 Å². The van der Waals surface area contributed by atoms with Crippen LogP contribution in [0.25, 0.3) is 16.9 Å². The summed E-state index contributed by atoms with van der Waals surface area (Å²) in [6, 6.07) is 15.5. The van der Waals surface area contributed by atoms with Crippen LogP contribution in [0.4, 0.5) is 0 Å². The van der Waals surface area contributed by atoms with Gasteiger partial charge in [-0.2, -0.15) is 5.10 Å². The van der Waals surface area contributed by atoms with Crippen molar-refractivity contribution in [2.24, 2.45) is 5.92 Å². The number of nitrogens with one attached hydrogen (secondary N) is 1. The van der Waals surface area contributed by atoms with Gasteiger partial charge in [0, 0.05) is 11.6 Å². The zero-order valence-electron chi connectivity index (χ0n) is 17.0. The number of nitrogens with zero attached hydrogens (tertiary/aromatic N) is 2. The van der Waals surface area contributed by atoms with Crippen molar-refractivity contribution in [2.75, 3.05) is 0 Å². The molecule has 146 valence electrons. The van der Waals surface area contributed by atoms with Gasteiger partial charge in [-0.25, -0.2) is 4.68 Å². The molecule has 0 saturated carbocycles. The van der Waals surface area contributed by atoms with Crippen molar-refractivity contribution in [1.29, 1.82) is 0 Å². The largest absolute Gasteiger partial charge is 0.348 e. The number of aryl methyl sites for hydroxylation is 2. The number of aromatic nitrogens is 2. The molecule has 3 aromatic rings. The van der Waals surface area contributed by atoms with Gasteiger partial charge in [-0.05, 0) is 62.1 Å². The first kappa shape index (κ1) is 20.2. The van der Waals surface area contributed by atoms with Gasteiger partial charge in [-0.1, -0.05) is 49.7 Å². The molecular weight excluding hydrogens is 370 g/mol. The number of amides is 1. The second-order valence-corrected chi connectivity index (χ2v) is 7.99. The molecule has 1 aromatic heterocycles. The normalized spacial score (nSPS) is 12.2. The molecule has 4 nitrogen and oxygen atoms in total. The molecule has 28 heavy (non-hydrogen) atoms. The lowest BCUT2D eigenvalue weighted by molar-refractivity contribution is 0.0922. The molecule has 3 rings (SSSR count). The number of halogens is 1. The summed E-state index contributed by atoms with van der Waals surface area (Å²) in [5.41, 5.74) is 5.27. The Morgan fingerprint density at radius 2 is 1.75 bits per heavy atom. The summed E-state index contributed by atoms with van der Waals surface area (Å²) in [5.74, 6) is 0.170. The van der Waals surface area contributed by atoms with Crippen molar-refractivity contribution in [3.8, 4) is 16.9 Å². The Labute approximate surface area is 171 Å². The first-order valence-corrected chi connectivity index (χ1v) is 9.89. The Bertz CT molecular complexity index is 1010. The maximum absolute atomic E-state index is 13.0. The van der Waals surface area contributed by atoms with Crippen LogP contribution in [0, 0.1) is 19.8 Å². The summed E-state index contributed by atoms with van der Waals surface area (Å²) in [4.78, 5) is 13.0. The lowest BCUT2D eigenvalue weighted by Gasteiger charge is -2.17. The Kier molecular flexibility index (Phi) is 5.90. The quantitative estimate of drug-likeness (QED) is 0.612. The topological polar surface area (TPSA) is 46.9 Å². The summed E-state index contributed by atoms with van der Waals surface area (Å²) in [5, 5.41) is 8.34. The fourth-order valence-electron chi connectivity index (χ4n) is 2.84. The summed E-state index contributed by atoms with van der Waals surface area (Å²) < 4.78 is 1.63. The van der Waals surface area contributed by atoms with Crippen molar-refractivity contribution in [1.82, 2.24) is 15.1 Å². The van der Waals surface area contributed by atoms with E-state index in [9.17, 15) is 4.79 Å².